The summed E-state index contributed by atoms with van der Waals surface area (Å²) in [5.74, 6) is 0.200. The number of rotatable bonds is 0. The zero-order valence-electron chi connectivity index (χ0n) is 6.20. The summed E-state index contributed by atoms with van der Waals surface area (Å²) in [6.07, 6.45) is 1.48. The number of nitrogens with two attached hydrogens (primary N) is 1. The molecule has 1 aliphatic heterocycles. The van der Waals surface area contributed by atoms with Crippen molar-refractivity contribution in [2.45, 2.75) is 6.04 Å². The van der Waals surface area contributed by atoms with E-state index in [4.69, 9.17) is 10.5 Å². The summed E-state index contributed by atoms with van der Waals surface area (Å²) >= 11 is 0. The quantitative estimate of drug-likeness (QED) is 0.466. The number of carbonyl (C=O) groups is 1. The minimum atomic E-state index is -0.620. The number of amides is 1. The Labute approximate surface area is 68.1 Å². The number of ether oxygens (including phenoxy) is 1. The smallest absolute Gasteiger partial charge is 0.245 e. The van der Waals surface area contributed by atoms with Crippen LogP contribution in [0.15, 0.2) is 6.20 Å². The molecule has 0 saturated carbocycles. The molecule has 1 amide bonds. The van der Waals surface area contributed by atoms with Crippen molar-refractivity contribution in [1.29, 1.82) is 0 Å². The van der Waals surface area contributed by atoms with Crippen molar-refractivity contribution in [3.05, 3.63) is 6.20 Å². The van der Waals surface area contributed by atoms with Gasteiger partial charge in [-0.05, 0) is 0 Å². The first-order valence-corrected chi connectivity index (χ1v) is 3.50. The van der Waals surface area contributed by atoms with Crippen molar-refractivity contribution in [2.75, 3.05) is 11.9 Å². The molecule has 1 aromatic rings. The summed E-state index contributed by atoms with van der Waals surface area (Å²) in [4.78, 5) is 11.1. The molecule has 0 radical (unpaired) electrons. The zero-order valence-corrected chi connectivity index (χ0v) is 6.20. The molecule has 1 aliphatic rings. The summed E-state index contributed by atoms with van der Waals surface area (Å²) in [5.41, 5.74) is 5.98. The molecule has 64 valence electrons. The van der Waals surface area contributed by atoms with Crippen LogP contribution in [0.4, 0.5) is 5.69 Å². The Morgan fingerprint density at radius 2 is 2.58 bits per heavy atom. The van der Waals surface area contributed by atoms with Gasteiger partial charge in [0.05, 0.1) is 6.20 Å². The molecule has 12 heavy (non-hydrogen) atoms. The number of carbonyl (C=O) groups excluding carboxylic acids is 1. The first-order chi connectivity index (χ1) is 5.77. The fourth-order valence-electron chi connectivity index (χ4n) is 0.948. The molecule has 0 fully saturated rings. The fourth-order valence-corrected chi connectivity index (χ4v) is 0.948. The number of hydrogen-bond donors (Lipinski definition) is 3. The van der Waals surface area contributed by atoms with Gasteiger partial charge < -0.3 is 15.8 Å². The van der Waals surface area contributed by atoms with Crippen LogP contribution in [-0.2, 0) is 4.79 Å². The highest BCUT2D eigenvalue weighted by Gasteiger charge is 2.21. The van der Waals surface area contributed by atoms with Gasteiger partial charge in [-0.25, -0.2) is 5.10 Å². The van der Waals surface area contributed by atoms with E-state index in [1.165, 1.54) is 6.20 Å². The summed E-state index contributed by atoms with van der Waals surface area (Å²) in [5, 5.41) is 8.87. The van der Waals surface area contributed by atoms with Gasteiger partial charge in [-0.3, -0.25) is 4.79 Å². The van der Waals surface area contributed by atoms with E-state index in [0.717, 1.165) is 0 Å². The van der Waals surface area contributed by atoms with Crippen molar-refractivity contribution in [2.24, 2.45) is 5.73 Å². The highest BCUT2D eigenvalue weighted by Crippen LogP contribution is 2.22. The lowest BCUT2D eigenvalue weighted by molar-refractivity contribution is -0.117. The van der Waals surface area contributed by atoms with Gasteiger partial charge in [-0.2, -0.15) is 5.10 Å². The number of aromatic nitrogens is 2. The van der Waals surface area contributed by atoms with Gasteiger partial charge >= 0.3 is 0 Å². The molecular formula is C6H8N4O2. The lowest BCUT2D eigenvalue weighted by Crippen LogP contribution is -2.38. The largest absolute Gasteiger partial charge is 0.474 e. The van der Waals surface area contributed by atoms with Gasteiger partial charge in [0.25, 0.3) is 0 Å². The van der Waals surface area contributed by atoms with Crippen LogP contribution >= 0.6 is 0 Å². The normalized spacial score (nSPS) is 22.1. The van der Waals surface area contributed by atoms with Crippen molar-refractivity contribution in [3.63, 3.8) is 0 Å². The number of anilines is 1. The topological polar surface area (TPSA) is 93.0 Å². The molecule has 6 heteroatoms. The number of fused-ring (bicyclic) bond motifs is 1. The molecular weight excluding hydrogens is 160 g/mol. The number of aromatic amines is 1. The third-order valence-corrected chi connectivity index (χ3v) is 1.61. The summed E-state index contributed by atoms with van der Waals surface area (Å²) in [7, 11) is 0. The molecule has 1 atom stereocenters. The standard InChI is InChI=1S/C6H8N4O2/c7-3-2-12-6-4(1-8-10-6)9-5(3)11/h1,3H,2,7H2,(H,8,10)(H,9,11). The Morgan fingerprint density at radius 1 is 1.75 bits per heavy atom. The minimum Gasteiger partial charge on any atom is -0.474 e. The Balaban J connectivity index is 2.30. The van der Waals surface area contributed by atoms with Crippen LogP contribution in [-0.4, -0.2) is 28.8 Å². The van der Waals surface area contributed by atoms with Gasteiger partial charge in [0.15, 0.2) is 0 Å². The van der Waals surface area contributed by atoms with E-state index in [-0.39, 0.29) is 12.5 Å². The van der Waals surface area contributed by atoms with Gasteiger partial charge in [0.1, 0.15) is 18.3 Å². The SMILES string of the molecule is NC1COc2[nH]ncc2NC1=O. The van der Waals surface area contributed by atoms with E-state index < -0.39 is 6.04 Å². The van der Waals surface area contributed by atoms with Crippen LogP contribution in [0.25, 0.3) is 0 Å². The first-order valence-electron chi connectivity index (χ1n) is 3.50. The van der Waals surface area contributed by atoms with Gasteiger partial charge in [0, 0.05) is 0 Å². The van der Waals surface area contributed by atoms with Crippen molar-refractivity contribution in [1.82, 2.24) is 10.2 Å². The zero-order chi connectivity index (χ0) is 8.55. The van der Waals surface area contributed by atoms with E-state index in [1.807, 2.05) is 0 Å². The molecule has 2 rings (SSSR count). The Bertz CT molecular complexity index is 308. The van der Waals surface area contributed by atoms with E-state index in [1.54, 1.807) is 0 Å². The molecule has 2 heterocycles. The third kappa shape index (κ3) is 1.02. The van der Waals surface area contributed by atoms with Crippen molar-refractivity contribution >= 4 is 11.6 Å². The second kappa shape index (κ2) is 2.49. The van der Waals surface area contributed by atoms with E-state index in [0.29, 0.717) is 11.6 Å². The molecule has 4 N–H and O–H groups in total. The monoisotopic (exact) mass is 168 g/mol. The Kier molecular flexibility index (Phi) is 1.47. The third-order valence-electron chi connectivity index (χ3n) is 1.61. The number of H-pyrrole nitrogens is 1. The maximum absolute atomic E-state index is 11.1. The minimum absolute atomic E-state index is 0.168. The van der Waals surface area contributed by atoms with Crippen LogP contribution in [0.3, 0.4) is 0 Å². The fraction of sp³-hybridized carbons (Fsp3) is 0.333. The molecule has 1 aromatic heterocycles. The second-order valence-electron chi connectivity index (χ2n) is 2.52. The van der Waals surface area contributed by atoms with E-state index >= 15 is 0 Å². The highest BCUT2D eigenvalue weighted by molar-refractivity contribution is 5.96. The van der Waals surface area contributed by atoms with Crippen LogP contribution in [0.5, 0.6) is 5.88 Å². The van der Waals surface area contributed by atoms with E-state index in [9.17, 15) is 4.79 Å². The molecule has 6 nitrogen and oxygen atoms in total. The highest BCUT2D eigenvalue weighted by atomic mass is 16.5. The molecule has 0 aliphatic carbocycles. The molecule has 0 aromatic carbocycles. The van der Waals surface area contributed by atoms with Crippen molar-refractivity contribution < 1.29 is 9.53 Å². The molecule has 0 spiro atoms. The van der Waals surface area contributed by atoms with Crippen LogP contribution in [0, 0.1) is 0 Å². The number of hydrogen-bond acceptors (Lipinski definition) is 4. The molecule has 1 unspecified atom stereocenters. The Hall–Kier alpha value is -1.56. The maximum Gasteiger partial charge on any atom is 0.245 e. The number of nitrogens with zero attached hydrogens (tertiary/aromatic N) is 1. The predicted molar refractivity (Wildman–Crippen MR) is 40.7 cm³/mol. The molecule has 0 bridgehead atoms. The van der Waals surface area contributed by atoms with Gasteiger partial charge in [-0.15, -0.1) is 0 Å². The summed E-state index contributed by atoms with van der Waals surface area (Å²) in [6, 6.07) is -0.620. The van der Waals surface area contributed by atoms with Crippen LogP contribution in [0.1, 0.15) is 0 Å². The van der Waals surface area contributed by atoms with Gasteiger partial charge in [0.2, 0.25) is 11.8 Å². The average Bonchev–Trinajstić information content (AvgIpc) is 2.43. The first kappa shape index (κ1) is 7.11. The summed E-state index contributed by atoms with van der Waals surface area (Å²) in [6.45, 7) is 0.168. The van der Waals surface area contributed by atoms with Crippen LogP contribution < -0.4 is 15.8 Å². The lowest BCUT2D eigenvalue weighted by atomic mass is 10.3. The lowest BCUT2D eigenvalue weighted by Gasteiger charge is -2.04. The molecule has 0 saturated heterocycles. The average molecular weight is 168 g/mol. The van der Waals surface area contributed by atoms with E-state index in [2.05, 4.69) is 15.5 Å². The predicted octanol–water partition coefficient (Wildman–Crippen LogP) is -0.932. The summed E-state index contributed by atoms with van der Waals surface area (Å²) < 4.78 is 5.14. The van der Waals surface area contributed by atoms with Gasteiger partial charge in [-0.1, -0.05) is 0 Å². The van der Waals surface area contributed by atoms with Crippen molar-refractivity contribution in [3.8, 4) is 5.88 Å². The van der Waals surface area contributed by atoms with Crippen LogP contribution in [0.2, 0.25) is 0 Å². The second-order valence-corrected chi connectivity index (χ2v) is 2.52. The Morgan fingerprint density at radius 3 is 3.42 bits per heavy atom. The maximum atomic E-state index is 11.1. The number of nitrogens with one attached hydrogen (secondary N) is 2.